The Morgan fingerprint density at radius 2 is 1.85 bits per heavy atom. The van der Waals surface area contributed by atoms with Gasteiger partial charge in [-0.15, -0.1) is 0 Å². The van der Waals surface area contributed by atoms with Crippen LogP contribution in [0.15, 0.2) is 42.5 Å². The van der Waals surface area contributed by atoms with Gasteiger partial charge in [-0.05, 0) is 60.3 Å². The van der Waals surface area contributed by atoms with Gasteiger partial charge in [-0.3, -0.25) is 4.79 Å². The van der Waals surface area contributed by atoms with Gasteiger partial charge in [0.15, 0.2) is 0 Å². The van der Waals surface area contributed by atoms with E-state index in [1.807, 2.05) is 12.1 Å². The molecule has 0 spiro atoms. The molecule has 0 heterocycles. The molecule has 34 heavy (non-hydrogen) atoms. The normalized spacial score (nSPS) is 24.7. The number of fused-ring (bicyclic) bond motifs is 1. The number of hydrogen-bond acceptors (Lipinski definition) is 2. The van der Waals surface area contributed by atoms with Gasteiger partial charge in [-0.1, -0.05) is 89.1 Å². The SMILES string of the molecule is CCCc1ccc(NC(C)=O)cc1OC1c2ccccc2CCC1C1CCCCC(CCC)C1. The summed E-state index contributed by atoms with van der Waals surface area (Å²) in [6.07, 6.45) is 14.0. The summed E-state index contributed by atoms with van der Waals surface area (Å²) < 4.78 is 7.04. The van der Waals surface area contributed by atoms with Crippen molar-refractivity contribution in [1.29, 1.82) is 0 Å². The number of amides is 1. The van der Waals surface area contributed by atoms with Crippen LogP contribution in [0.25, 0.3) is 0 Å². The Morgan fingerprint density at radius 3 is 2.65 bits per heavy atom. The molecule has 2 aromatic rings. The summed E-state index contributed by atoms with van der Waals surface area (Å²) >= 11 is 0. The van der Waals surface area contributed by atoms with Gasteiger partial charge in [-0.2, -0.15) is 0 Å². The van der Waals surface area contributed by atoms with E-state index >= 15 is 0 Å². The topological polar surface area (TPSA) is 38.3 Å². The first-order valence-electron chi connectivity index (χ1n) is 13.7. The van der Waals surface area contributed by atoms with Crippen molar-refractivity contribution >= 4 is 11.6 Å². The second kappa shape index (κ2) is 11.9. The third-order valence-electron chi connectivity index (χ3n) is 8.03. The molecule has 3 heteroatoms. The van der Waals surface area contributed by atoms with Crippen molar-refractivity contribution in [2.75, 3.05) is 5.32 Å². The number of anilines is 1. The van der Waals surface area contributed by atoms with E-state index in [0.717, 1.165) is 42.5 Å². The van der Waals surface area contributed by atoms with E-state index in [-0.39, 0.29) is 12.0 Å². The van der Waals surface area contributed by atoms with Crippen LogP contribution in [0, 0.1) is 17.8 Å². The lowest BCUT2D eigenvalue weighted by molar-refractivity contribution is -0.114. The number of rotatable bonds is 8. The second-order valence-corrected chi connectivity index (χ2v) is 10.6. The fourth-order valence-electron chi connectivity index (χ4n) is 6.50. The Kier molecular flexibility index (Phi) is 8.69. The minimum Gasteiger partial charge on any atom is -0.485 e. The molecule has 2 aliphatic rings. The minimum absolute atomic E-state index is 0.0458. The largest absolute Gasteiger partial charge is 0.485 e. The number of nitrogens with one attached hydrogen (secondary N) is 1. The van der Waals surface area contributed by atoms with Gasteiger partial charge in [-0.25, -0.2) is 0 Å². The fourth-order valence-corrected chi connectivity index (χ4v) is 6.50. The molecule has 4 rings (SSSR count). The minimum atomic E-state index is -0.0458. The standard InChI is InChI=1S/C31H43NO2/c1-4-10-23-12-6-7-14-26(20-23)29-19-17-24-13-8-9-15-28(24)31(29)34-30-21-27(32-22(3)33)18-16-25(30)11-5-2/h8-9,13,15-16,18,21,23,26,29,31H,4-7,10-12,14,17,19-20H2,1-3H3,(H,32,33). The smallest absolute Gasteiger partial charge is 0.221 e. The summed E-state index contributed by atoms with van der Waals surface area (Å²) in [4.78, 5) is 11.7. The highest BCUT2D eigenvalue weighted by Gasteiger charge is 2.38. The van der Waals surface area contributed by atoms with E-state index in [4.69, 9.17) is 4.74 Å². The number of aryl methyl sites for hydroxylation is 2. The van der Waals surface area contributed by atoms with Crippen LogP contribution in [0.2, 0.25) is 0 Å². The maximum atomic E-state index is 11.7. The molecule has 0 aliphatic heterocycles. The lowest BCUT2D eigenvalue weighted by Gasteiger charge is -2.39. The van der Waals surface area contributed by atoms with Crippen LogP contribution >= 0.6 is 0 Å². The van der Waals surface area contributed by atoms with E-state index < -0.39 is 0 Å². The molecular weight excluding hydrogens is 418 g/mol. The zero-order valence-electron chi connectivity index (χ0n) is 21.4. The molecule has 2 aromatic carbocycles. The highest BCUT2D eigenvalue weighted by atomic mass is 16.5. The van der Waals surface area contributed by atoms with Gasteiger partial charge in [0.25, 0.3) is 0 Å². The Bertz CT molecular complexity index is 952. The number of carbonyl (C=O) groups is 1. The van der Waals surface area contributed by atoms with E-state index in [1.165, 1.54) is 68.1 Å². The second-order valence-electron chi connectivity index (χ2n) is 10.6. The zero-order valence-corrected chi connectivity index (χ0v) is 21.4. The molecule has 2 aliphatic carbocycles. The van der Waals surface area contributed by atoms with E-state index in [9.17, 15) is 4.79 Å². The summed E-state index contributed by atoms with van der Waals surface area (Å²) in [5, 5.41) is 2.95. The van der Waals surface area contributed by atoms with Crippen molar-refractivity contribution in [1.82, 2.24) is 0 Å². The molecule has 1 saturated carbocycles. The molecule has 0 aromatic heterocycles. The van der Waals surface area contributed by atoms with Gasteiger partial charge in [0.05, 0.1) is 0 Å². The molecule has 0 bridgehead atoms. The monoisotopic (exact) mass is 461 g/mol. The number of carbonyl (C=O) groups excluding carboxylic acids is 1. The van der Waals surface area contributed by atoms with Crippen LogP contribution < -0.4 is 10.1 Å². The maximum Gasteiger partial charge on any atom is 0.221 e. The predicted octanol–water partition coefficient (Wildman–Crippen LogP) is 8.28. The predicted molar refractivity (Wildman–Crippen MR) is 141 cm³/mol. The third-order valence-corrected chi connectivity index (χ3v) is 8.03. The van der Waals surface area contributed by atoms with Crippen LogP contribution in [0.5, 0.6) is 5.75 Å². The van der Waals surface area contributed by atoms with Gasteiger partial charge < -0.3 is 10.1 Å². The van der Waals surface area contributed by atoms with Gasteiger partial charge >= 0.3 is 0 Å². The first kappa shape index (κ1) is 24.8. The summed E-state index contributed by atoms with van der Waals surface area (Å²) in [6.45, 7) is 6.11. The summed E-state index contributed by atoms with van der Waals surface area (Å²) in [6, 6.07) is 15.1. The van der Waals surface area contributed by atoms with Gasteiger partial charge in [0.1, 0.15) is 11.9 Å². The fraction of sp³-hybridized carbons (Fsp3) is 0.581. The highest BCUT2D eigenvalue weighted by Crippen LogP contribution is 2.47. The molecule has 4 unspecified atom stereocenters. The molecule has 0 radical (unpaired) electrons. The number of hydrogen-bond donors (Lipinski definition) is 1. The van der Waals surface area contributed by atoms with Crippen molar-refractivity contribution in [3.63, 3.8) is 0 Å². The molecule has 0 saturated heterocycles. The van der Waals surface area contributed by atoms with Crippen molar-refractivity contribution in [3.05, 3.63) is 59.2 Å². The summed E-state index contributed by atoms with van der Waals surface area (Å²) in [5.74, 6) is 3.04. The first-order valence-corrected chi connectivity index (χ1v) is 13.7. The average molecular weight is 462 g/mol. The Morgan fingerprint density at radius 1 is 1.03 bits per heavy atom. The lowest BCUT2D eigenvalue weighted by Crippen LogP contribution is -2.32. The van der Waals surface area contributed by atoms with Crippen molar-refractivity contribution in [2.45, 2.75) is 97.5 Å². The maximum absolute atomic E-state index is 11.7. The quantitative estimate of drug-likeness (QED) is 0.402. The molecule has 1 amide bonds. The summed E-state index contributed by atoms with van der Waals surface area (Å²) in [7, 11) is 0. The molecular formula is C31H43NO2. The van der Waals surface area contributed by atoms with Crippen LogP contribution in [-0.4, -0.2) is 5.91 Å². The van der Waals surface area contributed by atoms with E-state index in [2.05, 4.69) is 49.5 Å². The van der Waals surface area contributed by atoms with Gasteiger partial charge in [0, 0.05) is 24.6 Å². The molecule has 4 atom stereocenters. The third kappa shape index (κ3) is 6.03. The molecule has 1 N–H and O–H groups in total. The van der Waals surface area contributed by atoms with Gasteiger partial charge in [0.2, 0.25) is 5.91 Å². The first-order chi connectivity index (χ1) is 16.6. The highest BCUT2D eigenvalue weighted by molar-refractivity contribution is 5.88. The van der Waals surface area contributed by atoms with Crippen molar-refractivity contribution in [2.24, 2.45) is 17.8 Å². The van der Waals surface area contributed by atoms with Crippen LogP contribution in [0.1, 0.15) is 101 Å². The Hall–Kier alpha value is -2.29. The zero-order chi connectivity index (χ0) is 23.9. The average Bonchev–Trinajstić information content (AvgIpc) is 3.06. The number of ether oxygens (including phenoxy) is 1. The Balaban J connectivity index is 1.68. The number of benzene rings is 2. The lowest BCUT2D eigenvalue weighted by atomic mass is 9.71. The molecule has 1 fully saturated rings. The molecule has 3 nitrogen and oxygen atoms in total. The van der Waals surface area contributed by atoms with Crippen LogP contribution in [0.4, 0.5) is 5.69 Å². The molecule has 184 valence electrons. The van der Waals surface area contributed by atoms with Crippen LogP contribution in [0.3, 0.4) is 0 Å². The van der Waals surface area contributed by atoms with E-state index in [1.54, 1.807) is 6.92 Å². The summed E-state index contributed by atoms with van der Waals surface area (Å²) in [5.41, 5.74) is 4.88. The van der Waals surface area contributed by atoms with E-state index in [0.29, 0.717) is 5.92 Å². The van der Waals surface area contributed by atoms with Crippen molar-refractivity contribution in [3.8, 4) is 5.75 Å². The Labute approximate surface area is 206 Å². The van der Waals surface area contributed by atoms with Crippen LogP contribution in [-0.2, 0) is 17.6 Å². The van der Waals surface area contributed by atoms with Crippen molar-refractivity contribution < 1.29 is 9.53 Å².